The molecule has 0 fully saturated rings. The molecule has 0 saturated heterocycles. The van der Waals surface area contributed by atoms with Gasteiger partial charge in [-0.15, -0.1) is 11.6 Å². The number of aromatic nitrogens is 1. The van der Waals surface area contributed by atoms with Gasteiger partial charge in [-0.2, -0.15) is 4.39 Å². The van der Waals surface area contributed by atoms with Crippen LogP contribution < -0.4 is 0 Å². The molecule has 0 saturated carbocycles. The number of hydrogen-bond donors (Lipinski definition) is 0. The molecular weight excluding hydrogens is 220 g/mol. The third kappa shape index (κ3) is 1.67. The van der Waals surface area contributed by atoms with Crippen LogP contribution in [0.15, 0.2) is 16.6 Å². The molecule has 0 unspecified atom stereocenters. The lowest BCUT2D eigenvalue weighted by Gasteiger charge is -1.96. The fraction of sp³-hybridized carbons (Fsp3) is 0.167. The number of alkyl halides is 1. The normalized spacial score (nSPS) is 9.90. The summed E-state index contributed by atoms with van der Waals surface area (Å²) in [6.45, 7) is 0. The fourth-order valence-corrected chi connectivity index (χ4v) is 1.28. The van der Waals surface area contributed by atoms with Crippen molar-refractivity contribution < 1.29 is 4.39 Å². The van der Waals surface area contributed by atoms with Crippen LogP contribution in [0.4, 0.5) is 4.39 Å². The van der Waals surface area contributed by atoms with Crippen molar-refractivity contribution in [2.24, 2.45) is 0 Å². The minimum Gasteiger partial charge on any atom is -0.222 e. The van der Waals surface area contributed by atoms with Gasteiger partial charge in [0.2, 0.25) is 5.95 Å². The monoisotopic (exact) mass is 223 g/mol. The third-order valence-electron chi connectivity index (χ3n) is 1.01. The summed E-state index contributed by atoms with van der Waals surface area (Å²) >= 11 is 8.62. The van der Waals surface area contributed by atoms with E-state index in [2.05, 4.69) is 20.9 Å². The molecule has 0 aliphatic carbocycles. The SMILES string of the molecule is Fc1ccc(Br)c(CCl)n1. The van der Waals surface area contributed by atoms with Gasteiger partial charge in [-0.3, -0.25) is 0 Å². The Bertz CT molecular complexity index is 241. The topological polar surface area (TPSA) is 12.9 Å². The molecule has 54 valence electrons. The summed E-state index contributed by atoms with van der Waals surface area (Å²) in [5.74, 6) is -0.280. The van der Waals surface area contributed by atoms with Gasteiger partial charge >= 0.3 is 0 Å². The van der Waals surface area contributed by atoms with Gasteiger partial charge in [-0.05, 0) is 28.1 Å². The summed E-state index contributed by atoms with van der Waals surface area (Å²) in [5.41, 5.74) is 0.529. The van der Waals surface area contributed by atoms with Crippen LogP contribution in [0, 0.1) is 5.95 Å². The number of nitrogens with zero attached hydrogens (tertiary/aromatic N) is 1. The Kier molecular flexibility index (Phi) is 2.63. The molecule has 0 radical (unpaired) electrons. The van der Waals surface area contributed by atoms with Crippen LogP contribution in [0.3, 0.4) is 0 Å². The minimum atomic E-state index is -0.501. The largest absolute Gasteiger partial charge is 0.222 e. The van der Waals surface area contributed by atoms with E-state index in [1.165, 1.54) is 6.07 Å². The van der Waals surface area contributed by atoms with Crippen molar-refractivity contribution in [1.29, 1.82) is 0 Å². The molecule has 4 heteroatoms. The van der Waals surface area contributed by atoms with E-state index >= 15 is 0 Å². The van der Waals surface area contributed by atoms with Gasteiger partial charge in [0, 0.05) is 4.47 Å². The summed E-state index contributed by atoms with van der Waals surface area (Å²) in [7, 11) is 0. The summed E-state index contributed by atoms with van der Waals surface area (Å²) in [5, 5.41) is 0. The van der Waals surface area contributed by atoms with E-state index in [1.807, 2.05) is 0 Å². The Morgan fingerprint density at radius 1 is 1.60 bits per heavy atom. The molecule has 0 N–H and O–H groups in total. The molecule has 1 aromatic rings. The van der Waals surface area contributed by atoms with Crippen molar-refractivity contribution in [2.45, 2.75) is 5.88 Å². The van der Waals surface area contributed by atoms with Crippen molar-refractivity contribution in [3.05, 3.63) is 28.2 Å². The quantitative estimate of drug-likeness (QED) is 0.528. The van der Waals surface area contributed by atoms with E-state index in [0.717, 1.165) is 4.47 Å². The van der Waals surface area contributed by atoms with Crippen LogP contribution in [0.1, 0.15) is 5.69 Å². The van der Waals surface area contributed by atoms with Crippen molar-refractivity contribution in [3.8, 4) is 0 Å². The first-order valence-electron chi connectivity index (χ1n) is 2.61. The van der Waals surface area contributed by atoms with Crippen molar-refractivity contribution in [2.75, 3.05) is 0 Å². The van der Waals surface area contributed by atoms with Gasteiger partial charge in [0.25, 0.3) is 0 Å². The van der Waals surface area contributed by atoms with E-state index in [9.17, 15) is 4.39 Å². The standard InChI is InChI=1S/C6H4BrClFN/c7-4-1-2-6(9)10-5(4)3-8/h1-2H,3H2. The Morgan fingerprint density at radius 3 is 2.80 bits per heavy atom. The summed E-state index contributed by atoms with van der Waals surface area (Å²) in [6, 6.07) is 2.86. The highest BCUT2D eigenvalue weighted by atomic mass is 79.9. The Labute approximate surface area is 71.4 Å². The molecule has 0 atom stereocenters. The zero-order valence-corrected chi connectivity index (χ0v) is 7.28. The van der Waals surface area contributed by atoms with Crippen molar-refractivity contribution in [1.82, 2.24) is 4.98 Å². The van der Waals surface area contributed by atoms with E-state index < -0.39 is 5.95 Å². The molecule has 1 nitrogen and oxygen atoms in total. The van der Waals surface area contributed by atoms with Gasteiger partial charge in [-0.25, -0.2) is 4.98 Å². The van der Waals surface area contributed by atoms with Gasteiger partial charge in [-0.1, -0.05) is 0 Å². The second kappa shape index (κ2) is 3.30. The molecule has 0 spiro atoms. The number of hydrogen-bond acceptors (Lipinski definition) is 1. The fourth-order valence-electron chi connectivity index (χ4n) is 0.551. The average molecular weight is 224 g/mol. The molecule has 1 heterocycles. The molecular formula is C6H4BrClFN. The highest BCUT2D eigenvalue weighted by Gasteiger charge is 2.00. The second-order valence-corrected chi connectivity index (χ2v) is 2.82. The second-order valence-electron chi connectivity index (χ2n) is 1.70. The first-order valence-corrected chi connectivity index (χ1v) is 3.93. The highest BCUT2D eigenvalue weighted by Crippen LogP contribution is 2.15. The first-order chi connectivity index (χ1) is 4.74. The molecule has 0 amide bonds. The van der Waals surface area contributed by atoms with Gasteiger partial charge < -0.3 is 0 Å². The summed E-state index contributed by atoms with van der Waals surface area (Å²) < 4.78 is 13.1. The lowest BCUT2D eigenvalue weighted by atomic mass is 10.4. The van der Waals surface area contributed by atoms with Crippen molar-refractivity contribution in [3.63, 3.8) is 0 Å². The van der Waals surface area contributed by atoms with Crippen LogP contribution in [-0.2, 0) is 5.88 Å². The molecule has 0 aliphatic rings. The molecule has 10 heavy (non-hydrogen) atoms. The smallest absolute Gasteiger partial charge is 0.213 e. The molecule has 1 rings (SSSR count). The zero-order valence-electron chi connectivity index (χ0n) is 4.94. The predicted octanol–water partition coefficient (Wildman–Crippen LogP) is 2.72. The highest BCUT2D eigenvalue weighted by molar-refractivity contribution is 9.10. The lowest BCUT2D eigenvalue weighted by Crippen LogP contribution is -1.89. The maximum absolute atomic E-state index is 12.3. The van der Waals surface area contributed by atoms with Gasteiger partial charge in [0.1, 0.15) is 0 Å². The Balaban J connectivity index is 3.09. The molecule has 0 bridgehead atoms. The van der Waals surface area contributed by atoms with E-state index in [-0.39, 0.29) is 5.88 Å². The van der Waals surface area contributed by atoms with Gasteiger partial charge in [0.05, 0.1) is 11.6 Å². The van der Waals surface area contributed by atoms with Crippen LogP contribution in [0.25, 0.3) is 0 Å². The minimum absolute atomic E-state index is 0.221. The maximum Gasteiger partial charge on any atom is 0.213 e. The van der Waals surface area contributed by atoms with Crippen LogP contribution in [-0.4, -0.2) is 4.98 Å². The number of halogens is 3. The third-order valence-corrected chi connectivity index (χ3v) is 1.99. The van der Waals surface area contributed by atoms with E-state index in [4.69, 9.17) is 11.6 Å². The molecule has 0 aromatic carbocycles. The predicted molar refractivity (Wildman–Crippen MR) is 41.5 cm³/mol. The van der Waals surface area contributed by atoms with E-state index in [0.29, 0.717) is 5.69 Å². The zero-order chi connectivity index (χ0) is 7.56. The van der Waals surface area contributed by atoms with Crippen LogP contribution in [0.2, 0.25) is 0 Å². The summed E-state index contributed by atoms with van der Waals surface area (Å²) in [4.78, 5) is 3.55. The Hall–Kier alpha value is -0.150. The lowest BCUT2D eigenvalue weighted by molar-refractivity contribution is 0.578. The van der Waals surface area contributed by atoms with Crippen LogP contribution in [0.5, 0.6) is 0 Å². The van der Waals surface area contributed by atoms with E-state index in [1.54, 1.807) is 6.07 Å². The number of rotatable bonds is 1. The van der Waals surface area contributed by atoms with Crippen molar-refractivity contribution >= 4 is 27.5 Å². The molecule has 1 aromatic heterocycles. The maximum atomic E-state index is 12.3. The van der Waals surface area contributed by atoms with Gasteiger partial charge in [0.15, 0.2) is 0 Å². The Morgan fingerprint density at radius 2 is 2.30 bits per heavy atom. The molecule has 0 aliphatic heterocycles. The first kappa shape index (κ1) is 7.95. The number of pyridine rings is 1. The average Bonchev–Trinajstić information content (AvgIpc) is 1.94. The summed E-state index contributed by atoms with van der Waals surface area (Å²) in [6.07, 6.45) is 0. The van der Waals surface area contributed by atoms with Crippen LogP contribution >= 0.6 is 27.5 Å².